The molecule has 0 aliphatic heterocycles. The molecule has 26 heavy (non-hydrogen) atoms. The van der Waals surface area contributed by atoms with E-state index >= 15 is 0 Å². The highest BCUT2D eigenvalue weighted by Crippen LogP contribution is 2.15. The van der Waals surface area contributed by atoms with E-state index < -0.39 is 21.8 Å². The maximum absolute atomic E-state index is 12.3. The number of rotatable bonds is 5. The van der Waals surface area contributed by atoms with E-state index in [4.69, 9.17) is 0 Å². The zero-order chi connectivity index (χ0) is 19.3. The molecule has 0 aliphatic rings. The summed E-state index contributed by atoms with van der Waals surface area (Å²) < 4.78 is 25.6. The van der Waals surface area contributed by atoms with Crippen LogP contribution < -0.4 is 15.4 Å². The van der Waals surface area contributed by atoms with E-state index in [1.807, 2.05) is 4.72 Å². The number of anilines is 2. The molecule has 2 rings (SSSR count). The summed E-state index contributed by atoms with van der Waals surface area (Å²) in [6.07, 6.45) is 1.38. The molecule has 3 N–H and O–H groups in total. The van der Waals surface area contributed by atoms with Crippen LogP contribution in [0.2, 0.25) is 0 Å². The van der Waals surface area contributed by atoms with Crippen LogP contribution in [-0.2, 0) is 19.6 Å². The van der Waals surface area contributed by atoms with E-state index in [2.05, 4.69) is 15.6 Å². The Morgan fingerprint density at radius 2 is 1.58 bits per heavy atom. The normalized spacial score (nSPS) is 10.7. The molecular formula is C16H16N4O5S. The van der Waals surface area contributed by atoms with E-state index in [0.717, 1.165) is 6.92 Å². The third kappa shape index (κ3) is 5.11. The number of pyridine rings is 1. The van der Waals surface area contributed by atoms with Crippen molar-refractivity contribution in [3.63, 3.8) is 0 Å². The number of hydrogen-bond donors (Lipinski definition) is 3. The van der Waals surface area contributed by atoms with Gasteiger partial charge in [-0.25, -0.2) is 18.1 Å². The lowest BCUT2D eigenvalue weighted by Gasteiger charge is -2.08. The maximum Gasteiger partial charge on any atom is 0.264 e. The van der Waals surface area contributed by atoms with Gasteiger partial charge in [-0.15, -0.1) is 0 Å². The highest BCUT2D eigenvalue weighted by atomic mass is 32.2. The van der Waals surface area contributed by atoms with Crippen LogP contribution >= 0.6 is 0 Å². The van der Waals surface area contributed by atoms with Gasteiger partial charge in [-0.1, -0.05) is 0 Å². The molecule has 9 nitrogen and oxygen atoms in total. The molecule has 0 saturated carbocycles. The van der Waals surface area contributed by atoms with Gasteiger partial charge in [0.05, 0.1) is 4.90 Å². The number of sulfonamides is 1. The van der Waals surface area contributed by atoms with Gasteiger partial charge in [0.25, 0.3) is 15.9 Å². The second-order valence-corrected chi connectivity index (χ2v) is 6.93. The van der Waals surface area contributed by atoms with E-state index in [9.17, 15) is 22.8 Å². The van der Waals surface area contributed by atoms with Crippen molar-refractivity contribution in [1.29, 1.82) is 0 Å². The minimum Gasteiger partial charge on any atom is -0.322 e. The molecule has 3 amide bonds. The molecule has 2 aromatic rings. The molecule has 1 heterocycles. The van der Waals surface area contributed by atoms with Crippen LogP contribution in [0.1, 0.15) is 24.2 Å². The van der Waals surface area contributed by atoms with Gasteiger partial charge in [0, 0.05) is 31.3 Å². The third-order valence-electron chi connectivity index (χ3n) is 3.03. The van der Waals surface area contributed by atoms with Crippen molar-refractivity contribution >= 4 is 39.3 Å². The molecule has 136 valence electrons. The summed E-state index contributed by atoms with van der Waals surface area (Å²) in [4.78, 5) is 38.0. The minimum atomic E-state index is -3.93. The quantitative estimate of drug-likeness (QED) is 0.716. The van der Waals surface area contributed by atoms with Crippen LogP contribution in [0.3, 0.4) is 0 Å². The molecule has 0 saturated heterocycles. The van der Waals surface area contributed by atoms with Crippen molar-refractivity contribution in [2.24, 2.45) is 0 Å². The number of nitrogens with zero attached hydrogens (tertiary/aromatic N) is 1. The number of carbonyl (C=O) groups excluding carboxylic acids is 3. The highest BCUT2D eigenvalue weighted by Gasteiger charge is 2.15. The first kappa shape index (κ1) is 19.1. The monoisotopic (exact) mass is 376 g/mol. The summed E-state index contributed by atoms with van der Waals surface area (Å²) in [5, 5.41) is 5.07. The van der Waals surface area contributed by atoms with Gasteiger partial charge >= 0.3 is 0 Å². The molecule has 0 spiro atoms. The van der Waals surface area contributed by atoms with Crippen LogP contribution in [0, 0.1) is 0 Å². The molecule has 0 radical (unpaired) electrons. The van der Waals surface area contributed by atoms with Crippen molar-refractivity contribution < 1.29 is 22.8 Å². The van der Waals surface area contributed by atoms with Crippen LogP contribution in [0.25, 0.3) is 0 Å². The Kier molecular flexibility index (Phi) is 5.68. The standard InChI is InChI=1S/C16H16N4O5S/c1-10(21)18-15-9-12(7-8-17-15)16(23)19-13-3-5-14(6-4-13)26(24,25)20-11(2)22/h3-9H,1-2H3,(H,19,23)(H,20,22)(H,17,18,21). The fourth-order valence-corrected chi connectivity index (χ4v) is 2.98. The summed E-state index contributed by atoms with van der Waals surface area (Å²) in [7, 11) is -3.93. The molecule has 10 heteroatoms. The lowest BCUT2D eigenvalue weighted by atomic mass is 10.2. The van der Waals surface area contributed by atoms with Gasteiger partial charge in [-0.05, 0) is 36.4 Å². The van der Waals surface area contributed by atoms with E-state index in [-0.39, 0.29) is 22.2 Å². The SMILES string of the molecule is CC(=O)Nc1cc(C(=O)Nc2ccc(S(=O)(=O)NC(C)=O)cc2)ccn1. The first-order chi connectivity index (χ1) is 12.2. The molecule has 0 unspecified atom stereocenters. The zero-order valence-electron chi connectivity index (χ0n) is 13.9. The predicted molar refractivity (Wildman–Crippen MR) is 93.9 cm³/mol. The Labute approximate surface area is 149 Å². The van der Waals surface area contributed by atoms with Crippen LogP contribution in [-0.4, -0.2) is 31.1 Å². The van der Waals surface area contributed by atoms with Crippen molar-refractivity contribution in [3.8, 4) is 0 Å². The number of aromatic nitrogens is 1. The summed E-state index contributed by atoms with van der Waals surface area (Å²) in [5.74, 6) is -1.24. The number of nitrogens with one attached hydrogen (secondary N) is 3. The van der Waals surface area contributed by atoms with E-state index in [1.54, 1.807) is 0 Å². The first-order valence-electron chi connectivity index (χ1n) is 7.36. The lowest BCUT2D eigenvalue weighted by Crippen LogP contribution is -2.28. The van der Waals surface area contributed by atoms with E-state index in [1.165, 1.54) is 49.5 Å². The van der Waals surface area contributed by atoms with Crippen LogP contribution in [0.5, 0.6) is 0 Å². The number of amides is 3. The second kappa shape index (κ2) is 7.74. The number of carbonyl (C=O) groups is 3. The Hall–Kier alpha value is -3.27. The lowest BCUT2D eigenvalue weighted by molar-refractivity contribution is -0.117. The summed E-state index contributed by atoms with van der Waals surface area (Å²) >= 11 is 0. The number of hydrogen-bond acceptors (Lipinski definition) is 6. The molecule has 1 aromatic carbocycles. The average Bonchev–Trinajstić information content (AvgIpc) is 2.54. The zero-order valence-corrected chi connectivity index (χ0v) is 14.8. The second-order valence-electron chi connectivity index (χ2n) is 5.25. The van der Waals surface area contributed by atoms with Crippen molar-refractivity contribution in [2.75, 3.05) is 10.6 Å². The Balaban J connectivity index is 2.13. The third-order valence-corrected chi connectivity index (χ3v) is 4.48. The first-order valence-corrected chi connectivity index (χ1v) is 8.84. The molecule has 0 aliphatic carbocycles. The van der Waals surface area contributed by atoms with Crippen LogP contribution in [0.15, 0.2) is 47.5 Å². The number of benzene rings is 1. The van der Waals surface area contributed by atoms with Gasteiger partial charge in [0.1, 0.15) is 5.82 Å². The predicted octanol–water partition coefficient (Wildman–Crippen LogP) is 1.12. The smallest absolute Gasteiger partial charge is 0.264 e. The minimum absolute atomic E-state index is 0.109. The van der Waals surface area contributed by atoms with Crippen molar-refractivity contribution in [1.82, 2.24) is 9.71 Å². The summed E-state index contributed by atoms with van der Waals surface area (Å²) in [6, 6.07) is 8.18. The molecular weight excluding hydrogens is 360 g/mol. The highest BCUT2D eigenvalue weighted by molar-refractivity contribution is 7.90. The van der Waals surface area contributed by atoms with E-state index in [0.29, 0.717) is 5.69 Å². The fourth-order valence-electron chi connectivity index (χ4n) is 1.99. The largest absolute Gasteiger partial charge is 0.322 e. The van der Waals surface area contributed by atoms with Crippen LogP contribution in [0.4, 0.5) is 11.5 Å². The van der Waals surface area contributed by atoms with Gasteiger partial charge in [0.15, 0.2) is 0 Å². The van der Waals surface area contributed by atoms with Gasteiger partial charge in [-0.2, -0.15) is 0 Å². The summed E-state index contributed by atoms with van der Waals surface area (Å²) in [5.41, 5.74) is 0.619. The molecule has 1 aromatic heterocycles. The maximum atomic E-state index is 12.3. The average molecular weight is 376 g/mol. The van der Waals surface area contributed by atoms with Gasteiger partial charge in [0.2, 0.25) is 11.8 Å². The van der Waals surface area contributed by atoms with Crippen molar-refractivity contribution in [2.45, 2.75) is 18.7 Å². The Morgan fingerprint density at radius 3 is 2.15 bits per heavy atom. The molecule has 0 fully saturated rings. The topological polar surface area (TPSA) is 134 Å². The Bertz CT molecular complexity index is 955. The molecule has 0 atom stereocenters. The summed E-state index contributed by atoms with van der Waals surface area (Å²) in [6.45, 7) is 2.42. The fraction of sp³-hybridized carbons (Fsp3) is 0.125. The Morgan fingerprint density at radius 1 is 0.923 bits per heavy atom. The molecule has 0 bridgehead atoms. The van der Waals surface area contributed by atoms with Crippen molar-refractivity contribution in [3.05, 3.63) is 48.2 Å². The van der Waals surface area contributed by atoms with Gasteiger partial charge in [-0.3, -0.25) is 14.4 Å². The van der Waals surface area contributed by atoms with Gasteiger partial charge < -0.3 is 10.6 Å².